The van der Waals surface area contributed by atoms with Crippen LogP contribution in [0.25, 0.3) is 0 Å². The van der Waals surface area contributed by atoms with Gasteiger partial charge in [0.2, 0.25) is 6.23 Å². The molecule has 0 aliphatic carbocycles. The van der Waals surface area contributed by atoms with Crippen molar-refractivity contribution in [3.8, 4) is 17.2 Å². The predicted molar refractivity (Wildman–Crippen MR) is 105 cm³/mol. The molecule has 0 saturated carbocycles. The number of nitrogens with zero attached hydrogens (tertiary/aromatic N) is 2. The van der Waals surface area contributed by atoms with Crippen LogP contribution < -0.4 is 9.47 Å². The quantitative estimate of drug-likeness (QED) is 0.717. The van der Waals surface area contributed by atoms with E-state index in [4.69, 9.17) is 14.6 Å². The van der Waals surface area contributed by atoms with Crippen LogP contribution in [0.5, 0.6) is 17.2 Å². The number of rotatable bonds is 3. The molecule has 3 heterocycles. The summed E-state index contributed by atoms with van der Waals surface area (Å²) >= 11 is 1.67. The molecule has 2 aromatic carbocycles. The van der Waals surface area contributed by atoms with E-state index in [1.165, 1.54) is 0 Å². The monoisotopic (exact) mass is 378 g/mol. The fourth-order valence-electron chi connectivity index (χ4n) is 3.69. The third-order valence-electron chi connectivity index (χ3n) is 5.00. The van der Waals surface area contributed by atoms with Gasteiger partial charge in [-0.1, -0.05) is 24.3 Å². The van der Waals surface area contributed by atoms with Gasteiger partial charge in [-0.05, 0) is 35.7 Å². The number of fused-ring (bicyclic) bond motifs is 3. The number of hydrogen-bond donors (Lipinski definition) is 1. The van der Waals surface area contributed by atoms with Crippen LogP contribution >= 0.6 is 11.3 Å². The van der Waals surface area contributed by atoms with Crippen molar-refractivity contribution in [2.45, 2.75) is 18.7 Å². The topological polar surface area (TPSA) is 54.3 Å². The van der Waals surface area contributed by atoms with E-state index in [0.29, 0.717) is 5.75 Å². The van der Waals surface area contributed by atoms with Gasteiger partial charge < -0.3 is 14.6 Å². The van der Waals surface area contributed by atoms with Crippen molar-refractivity contribution in [1.29, 1.82) is 0 Å². The number of thiophene rings is 1. The fourth-order valence-corrected chi connectivity index (χ4v) is 4.43. The maximum atomic E-state index is 9.89. The molecule has 0 spiro atoms. The number of methoxy groups -OCH3 is 1. The summed E-state index contributed by atoms with van der Waals surface area (Å²) in [6.45, 7) is 0. The summed E-state index contributed by atoms with van der Waals surface area (Å²) in [4.78, 5) is 1.13. The molecular formula is C21H18N2O3S. The van der Waals surface area contributed by atoms with E-state index in [0.717, 1.165) is 33.9 Å². The molecule has 0 radical (unpaired) electrons. The van der Waals surface area contributed by atoms with E-state index >= 15 is 0 Å². The number of phenolic OH excluding ortho intramolecular Hbond substituents is 1. The lowest BCUT2D eigenvalue weighted by molar-refractivity contribution is -0.0165. The molecule has 0 amide bonds. The fraction of sp³-hybridized carbons (Fsp3) is 0.190. The molecule has 2 aliphatic rings. The number of hydrogen-bond acceptors (Lipinski definition) is 6. The van der Waals surface area contributed by atoms with Crippen LogP contribution in [0.3, 0.4) is 0 Å². The van der Waals surface area contributed by atoms with E-state index in [-0.39, 0.29) is 18.0 Å². The standard InChI is InChI=1S/C21H18N2O3S/c1-25-19-11-13(8-9-17(19)24)15-12-16-14-5-2-3-6-18(14)26-21(23(16)22-15)20-7-4-10-27-20/h2-11,16,21,24H,12H2,1H3/t16-,21-/m1/s1. The van der Waals surface area contributed by atoms with Crippen LogP contribution in [0.1, 0.15) is 34.7 Å². The minimum absolute atomic E-state index is 0.122. The summed E-state index contributed by atoms with van der Waals surface area (Å²) in [5, 5.41) is 18.9. The van der Waals surface area contributed by atoms with Crippen molar-refractivity contribution in [3.05, 3.63) is 76.0 Å². The van der Waals surface area contributed by atoms with Crippen molar-refractivity contribution in [2.24, 2.45) is 5.10 Å². The Labute approximate surface area is 161 Å². The second kappa shape index (κ2) is 6.32. The highest BCUT2D eigenvalue weighted by Crippen LogP contribution is 2.48. The molecule has 2 atom stereocenters. The molecule has 5 rings (SSSR count). The summed E-state index contributed by atoms with van der Waals surface area (Å²) < 4.78 is 11.6. The lowest BCUT2D eigenvalue weighted by atomic mass is 9.96. The third-order valence-corrected chi connectivity index (χ3v) is 5.90. The van der Waals surface area contributed by atoms with Gasteiger partial charge in [-0.25, -0.2) is 5.01 Å². The Balaban J connectivity index is 1.58. The van der Waals surface area contributed by atoms with Crippen LogP contribution in [0, 0.1) is 0 Å². The van der Waals surface area contributed by atoms with Crippen molar-refractivity contribution >= 4 is 17.0 Å². The number of phenols is 1. The van der Waals surface area contributed by atoms with E-state index in [2.05, 4.69) is 22.5 Å². The molecule has 1 N–H and O–H groups in total. The maximum Gasteiger partial charge on any atom is 0.222 e. The third kappa shape index (κ3) is 2.64. The van der Waals surface area contributed by atoms with Crippen LogP contribution in [-0.2, 0) is 0 Å². The number of benzene rings is 2. The molecule has 136 valence electrons. The van der Waals surface area contributed by atoms with E-state index < -0.39 is 0 Å². The first-order chi connectivity index (χ1) is 13.2. The molecule has 27 heavy (non-hydrogen) atoms. The Kier molecular flexibility index (Phi) is 3.79. The maximum absolute atomic E-state index is 9.89. The van der Waals surface area contributed by atoms with Gasteiger partial charge >= 0.3 is 0 Å². The molecule has 0 saturated heterocycles. The molecule has 0 fully saturated rings. The Morgan fingerprint density at radius 1 is 1.19 bits per heavy atom. The second-order valence-corrected chi connectivity index (χ2v) is 7.54. The highest BCUT2D eigenvalue weighted by atomic mass is 32.1. The Bertz CT molecular complexity index is 1020. The molecule has 0 bridgehead atoms. The summed E-state index contributed by atoms with van der Waals surface area (Å²) in [5.41, 5.74) is 3.05. The summed E-state index contributed by atoms with van der Waals surface area (Å²) in [7, 11) is 1.55. The number of para-hydroxylation sites is 1. The summed E-state index contributed by atoms with van der Waals surface area (Å²) in [5.74, 6) is 1.49. The largest absolute Gasteiger partial charge is 0.504 e. The van der Waals surface area contributed by atoms with E-state index in [1.807, 2.05) is 36.4 Å². The molecule has 6 heteroatoms. The number of aromatic hydroxyl groups is 1. The summed E-state index contributed by atoms with van der Waals surface area (Å²) in [6, 6.07) is 17.8. The van der Waals surface area contributed by atoms with Crippen LogP contribution in [-0.4, -0.2) is 22.9 Å². The Morgan fingerprint density at radius 3 is 2.89 bits per heavy atom. The number of ether oxygens (including phenoxy) is 2. The van der Waals surface area contributed by atoms with E-state index in [1.54, 1.807) is 24.5 Å². The molecule has 0 unspecified atom stereocenters. The minimum Gasteiger partial charge on any atom is -0.504 e. The highest BCUT2D eigenvalue weighted by molar-refractivity contribution is 7.10. The van der Waals surface area contributed by atoms with Gasteiger partial charge in [-0.2, -0.15) is 5.10 Å². The van der Waals surface area contributed by atoms with Crippen molar-refractivity contribution in [1.82, 2.24) is 5.01 Å². The first kappa shape index (κ1) is 16.2. The van der Waals surface area contributed by atoms with E-state index in [9.17, 15) is 5.11 Å². The molecular weight excluding hydrogens is 360 g/mol. The van der Waals surface area contributed by atoms with Crippen LogP contribution in [0.2, 0.25) is 0 Å². The van der Waals surface area contributed by atoms with Crippen LogP contribution in [0.15, 0.2) is 65.1 Å². The van der Waals surface area contributed by atoms with Gasteiger partial charge in [0.05, 0.1) is 23.7 Å². The van der Waals surface area contributed by atoms with Crippen molar-refractivity contribution in [2.75, 3.05) is 7.11 Å². The van der Waals surface area contributed by atoms with Crippen LogP contribution in [0.4, 0.5) is 0 Å². The van der Waals surface area contributed by atoms with Crippen molar-refractivity contribution < 1.29 is 14.6 Å². The molecule has 5 nitrogen and oxygen atoms in total. The van der Waals surface area contributed by atoms with Gasteiger partial charge in [0.15, 0.2) is 11.5 Å². The molecule has 1 aromatic heterocycles. The smallest absolute Gasteiger partial charge is 0.222 e. The SMILES string of the molecule is COc1cc(C2=NN3[C@H](C2)c2ccccc2O[C@@H]3c2cccs2)ccc1O. The van der Waals surface area contributed by atoms with Gasteiger partial charge in [0, 0.05) is 17.5 Å². The average molecular weight is 378 g/mol. The second-order valence-electron chi connectivity index (χ2n) is 6.56. The molecule has 2 aliphatic heterocycles. The Hall–Kier alpha value is -2.99. The predicted octanol–water partition coefficient (Wildman–Crippen LogP) is 4.70. The van der Waals surface area contributed by atoms with Gasteiger partial charge in [-0.3, -0.25) is 0 Å². The average Bonchev–Trinajstić information content (AvgIpc) is 3.38. The minimum atomic E-state index is -0.235. The van der Waals surface area contributed by atoms with Gasteiger partial charge in [-0.15, -0.1) is 11.3 Å². The zero-order valence-electron chi connectivity index (χ0n) is 14.7. The molecule has 3 aromatic rings. The zero-order valence-corrected chi connectivity index (χ0v) is 15.5. The number of hydrazone groups is 1. The lowest BCUT2D eigenvalue weighted by Gasteiger charge is -2.37. The zero-order chi connectivity index (χ0) is 18.4. The van der Waals surface area contributed by atoms with Gasteiger partial charge in [0.1, 0.15) is 5.75 Å². The lowest BCUT2D eigenvalue weighted by Crippen LogP contribution is -2.33. The normalized spacial score (nSPS) is 20.5. The highest BCUT2D eigenvalue weighted by Gasteiger charge is 2.41. The van der Waals surface area contributed by atoms with Gasteiger partial charge in [0.25, 0.3) is 0 Å². The summed E-state index contributed by atoms with van der Waals surface area (Å²) in [6.07, 6.45) is 0.539. The van der Waals surface area contributed by atoms with Crippen molar-refractivity contribution in [3.63, 3.8) is 0 Å². The first-order valence-electron chi connectivity index (χ1n) is 8.77. The Morgan fingerprint density at radius 2 is 2.07 bits per heavy atom. The first-order valence-corrected chi connectivity index (χ1v) is 9.65.